The smallest absolute Gasteiger partial charge is 0.277 e. The van der Waals surface area contributed by atoms with Crippen molar-refractivity contribution < 1.29 is 16.8 Å². The Labute approximate surface area is 167 Å². The van der Waals surface area contributed by atoms with Crippen LogP contribution >= 0.6 is 0 Å². The number of hydrogen-bond acceptors (Lipinski definition) is 6. The lowest BCUT2D eigenvalue weighted by Crippen LogP contribution is -2.15. The van der Waals surface area contributed by atoms with E-state index in [0.29, 0.717) is 0 Å². The van der Waals surface area contributed by atoms with E-state index in [-0.39, 0.29) is 26.5 Å². The van der Waals surface area contributed by atoms with Gasteiger partial charge in [-0.2, -0.15) is 8.42 Å². The summed E-state index contributed by atoms with van der Waals surface area (Å²) in [4.78, 5) is 0.141. The van der Waals surface area contributed by atoms with Gasteiger partial charge in [0.15, 0.2) is 0 Å². The summed E-state index contributed by atoms with van der Waals surface area (Å²) in [6.07, 6.45) is 0. The van der Waals surface area contributed by atoms with Crippen LogP contribution in [0.25, 0.3) is 11.0 Å². The van der Waals surface area contributed by atoms with Crippen molar-refractivity contribution in [3.63, 3.8) is 0 Å². The first kappa shape index (κ1) is 19.1. The van der Waals surface area contributed by atoms with Crippen LogP contribution in [-0.4, -0.2) is 31.2 Å². The number of anilines is 1. The third-order valence-corrected chi connectivity index (χ3v) is 7.27. The van der Waals surface area contributed by atoms with E-state index in [9.17, 15) is 16.8 Å². The summed E-state index contributed by atoms with van der Waals surface area (Å²) in [5.74, 6) is 0. The molecule has 0 spiro atoms. The molecule has 0 saturated carbocycles. The van der Waals surface area contributed by atoms with Gasteiger partial charge in [0.25, 0.3) is 20.0 Å². The van der Waals surface area contributed by atoms with E-state index in [1.807, 2.05) is 6.92 Å². The Kier molecular flexibility index (Phi) is 4.59. The second-order valence-electron chi connectivity index (χ2n) is 6.34. The molecule has 0 saturated heterocycles. The molecule has 4 aromatic rings. The summed E-state index contributed by atoms with van der Waals surface area (Å²) in [6.45, 7) is 1.86. The Morgan fingerprint density at radius 2 is 1.48 bits per heavy atom. The van der Waals surface area contributed by atoms with E-state index in [1.54, 1.807) is 30.3 Å². The number of rotatable bonds is 5. The average Bonchev–Trinajstić information content (AvgIpc) is 3.15. The van der Waals surface area contributed by atoms with Gasteiger partial charge in [-0.15, -0.1) is 9.19 Å². The molecule has 0 fully saturated rings. The normalized spacial score (nSPS) is 12.2. The van der Waals surface area contributed by atoms with Crippen molar-refractivity contribution >= 4 is 36.8 Å². The molecule has 0 aliphatic heterocycles. The second kappa shape index (κ2) is 6.98. The average molecular weight is 428 g/mol. The van der Waals surface area contributed by atoms with Gasteiger partial charge in [-0.1, -0.05) is 47.2 Å². The van der Waals surface area contributed by atoms with Gasteiger partial charge in [0, 0.05) is 0 Å². The minimum absolute atomic E-state index is 0.0532. The molecule has 1 aromatic heterocycles. The van der Waals surface area contributed by atoms with Crippen LogP contribution in [0.1, 0.15) is 5.56 Å². The van der Waals surface area contributed by atoms with Crippen LogP contribution in [0.4, 0.5) is 5.69 Å². The quantitative estimate of drug-likeness (QED) is 0.523. The molecule has 0 unspecified atom stereocenters. The van der Waals surface area contributed by atoms with Crippen molar-refractivity contribution in [1.82, 2.24) is 14.4 Å². The number of sulfonamides is 1. The van der Waals surface area contributed by atoms with Crippen molar-refractivity contribution in [2.75, 3.05) is 4.72 Å². The van der Waals surface area contributed by atoms with Gasteiger partial charge in [0.1, 0.15) is 11.0 Å². The lowest BCUT2D eigenvalue weighted by molar-refractivity contribution is 0.579. The highest BCUT2D eigenvalue weighted by Crippen LogP contribution is 2.26. The molecule has 0 bridgehead atoms. The number of benzene rings is 3. The Balaban J connectivity index is 1.78. The predicted molar refractivity (Wildman–Crippen MR) is 109 cm³/mol. The van der Waals surface area contributed by atoms with Gasteiger partial charge in [0.2, 0.25) is 0 Å². The summed E-state index contributed by atoms with van der Waals surface area (Å²) in [5, 5.41) is 7.67. The molecule has 0 aliphatic carbocycles. The van der Waals surface area contributed by atoms with Crippen LogP contribution < -0.4 is 4.72 Å². The second-order valence-corrected chi connectivity index (χ2v) is 9.79. The van der Waals surface area contributed by atoms with E-state index in [1.165, 1.54) is 42.5 Å². The van der Waals surface area contributed by atoms with Crippen molar-refractivity contribution in [1.29, 1.82) is 0 Å². The molecule has 29 heavy (non-hydrogen) atoms. The molecule has 10 heteroatoms. The van der Waals surface area contributed by atoms with Crippen molar-refractivity contribution in [2.45, 2.75) is 16.7 Å². The third kappa shape index (κ3) is 3.47. The lowest BCUT2D eigenvalue weighted by Gasteiger charge is -2.09. The Morgan fingerprint density at radius 3 is 2.17 bits per heavy atom. The number of nitrogens with zero attached hydrogens (tertiary/aromatic N) is 3. The molecule has 4 rings (SSSR count). The Bertz CT molecular complexity index is 1400. The molecule has 0 atom stereocenters. The molecule has 0 aliphatic rings. The number of aryl methyl sites for hydroxylation is 1. The molecular formula is C19H16N4O4S2. The molecule has 1 N–H and O–H groups in total. The number of aromatic nitrogens is 3. The van der Waals surface area contributed by atoms with Crippen LogP contribution in [-0.2, 0) is 20.0 Å². The number of fused-ring (bicyclic) bond motifs is 1. The fourth-order valence-electron chi connectivity index (χ4n) is 2.80. The highest BCUT2D eigenvalue weighted by atomic mass is 32.2. The maximum atomic E-state index is 12.9. The van der Waals surface area contributed by atoms with Crippen LogP contribution in [0.5, 0.6) is 0 Å². The zero-order valence-electron chi connectivity index (χ0n) is 15.2. The van der Waals surface area contributed by atoms with Crippen LogP contribution in [0, 0.1) is 6.92 Å². The van der Waals surface area contributed by atoms with E-state index < -0.39 is 20.0 Å². The number of hydrogen-bond donors (Lipinski definition) is 1. The first-order valence-electron chi connectivity index (χ1n) is 8.53. The molecule has 0 radical (unpaired) electrons. The van der Waals surface area contributed by atoms with Crippen molar-refractivity contribution in [3.05, 3.63) is 78.4 Å². The number of nitrogens with one attached hydrogen (secondary N) is 1. The van der Waals surface area contributed by atoms with Gasteiger partial charge < -0.3 is 0 Å². The molecule has 148 valence electrons. The highest BCUT2D eigenvalue weighted by Gasteiger charge is 2.23. The molecule has 1 heterocycles. The third-order valence-electron chi connectivity index (χ3n) is 4.29. The minimum atomic E-state index is -3.97. The summed E-state index contributed by atoms with van der Waals surface area (Å²) < 4.78 is 54.4. The first-order valence-corrected chi connectivity index (χ1v) is 11.5. The van der Waals surface area contributed by atoms with E-state index in [4.69, 9.17) is 0 Å². The van der Waals surface area contributed by atoms with Gasteiger partial charge >= 0.3 is 0 Å². The lowest BCUT2D eigenvalue weighted by atomic mass is 10.2. The topological polar surface area (TPSA) is 111 Å². The first-order chi connectivity index (χ1) is 13.8. The predicted octanol–water partition coefficient (Wildman–Crippen LogP) is 2.78. The molecule has 3 aromatic carbocycles. The summed E-state index contributed by atoms with van der Waals surface area (Å²) >= 11 is 0. The van der Waals surface area contributed by atoms with Crippen LogP contribution in [0.2, 0.25) is 0 Å². The van der Waals surface area contributed by atoms with Crippen LogP contribution in [0.15, 0.2) is 82.6 Å². The zero-order valence-corrected chi connectivity index (χ0v) is 16.9. The molecule has 8 nitrogen and oxygen atoms in total. The van der Waals surface area contributed by atoms with Gasteiger partial charge in [0.05, 0.1) is 15.5 Å². The Morgan fingerprint density at radius 1 is 0.793 bits per heavy atom. The minimum Gasteiger partial charge on any atom is -0.277 e. The molecule has 0 amide bonds. The maximum absolute atomic E-state index is 12.9. The Hall–Kier alpha value is -3.24. The maximum Gasteiger partial charge on any atom is 0.284 e. The van der Waals surface area contributed by atoms with Gasteiger partial charge in [-0.3, -0.25) is 4.72 Å². The highest BCUT2D eigenvalue weighted by molar-refractivity contribution is 7.92. The van der Waals surface area contributed by atoms with Crippen molar-refractivity contribution in [3.8, 4) is 0 Å². The van der Waals surface area contributed by atoms with E-state index in [2.05, 4.69) is 15.0 Å². The molecular weight excluding hydrogens is 412 g/mol. The SMILES string of the molecule is Cc1ccc(S(=O)(=O)Nc2cccc3c2nnn3S(=O)(=O)c2ccccc2)cc1. The summed E-state index contributed by atoms with van der Waals surface area (Å²) in [7, 11) is -7.85. The van der Waals surface area contributed by atoms with Crippen LogP contribution in [0.3, 0.4) is 0 Å². The van der Waals surface area contributed by atoms with Crippen molar-refractivity contribution in [2.24, 2.45) is 0 Å². The fraction of sp³-hybridized carbons (Fsp3) is 0.0526. The zero-order chi connectivity index (χ0) is 20.6. The summed E-state index contributed by atoms with van der Waals surface area (Å²) in [6, 6.07) is 18.7. The largest absolute Gasteiger partial charge is 0.284 e. The monoisotopic (exact) mass is 428 g/mol. The van der Waals surface area contributed by atoms with Gasteiger partial charge in [-0.05, 0) is 43.3 Å². The standard InChI is InChI=1S/C19H16N4O4S2/c1-14-10-12-15(13-11-14)28(24,25)21-17-8-5-9-18-19(17)20-22-23(18)29(26,27)16-6-3-2-4-7-16/h2-13,21H,1H3. The van der Waals surface area contributed by atoms with Gasteiger partial charge in [-0.25, -0.2) is 8.42 Å². The van der Waals surface area contributed by atoms with E-state index in [0.717, 1.165) is 9.65 Å². The van der Waals surface area contributed by atoms with E-state index >= 15 is 0 Å². The summed E-state index contributed by atoms with van der Waals surface area (Å²) in [5.41, 5.74) is 1.36. The fourth-order valence-corrected chi connectivity index (χ4v) is 5.10.